The molecule has 22 heavy (non-hydrogen) atoms. The van der Waals surface area contributed by atoms with Gasteiger partial charge in [-0.2, -0.15) is 0 Å². The van der Waals surface area contributed by atoms with Crippen molar-refractivity contribution in [3.63, 3.8) is 0 Å². The molecule has 2 unspecified atom stereocenters. The van der Waals surface area contributed by atoms with Gasteiger partial charge in [0.05, 0.1) is 5.69 Å². The SMILES string of the molecule is CCn1cnnc1-c1ccccc1NC(=O)C1CCC(N)C1. The van der Waals surface area contributed by atoms with Crippen LogP contribution in [0.15, 0.2) is 30.6 Å². The second kappa shape index (κ2) is 6.27. The van der Waals surface area contributed by atoms with Gasteiger partial charge in [0.15, 0.2) is 5.82 Å². The van der Waals surface area contributed by atoms with E-state index in [1.165, 1.54) is 0 Å². The molecule has 2 atom stereocenters. The molecule has 1 aliphatic carbocycles. The number of carbonyl (C=O) groups is 1. The van der Waals surface area contributed by atoms with E-state index >= 15 is 0 Å². The lowest BCUT2D eigenvalue weighted by molar-refractivity contribution is -0.119. The van der Waals surface area contributed by atoms with Crippen LogP contribution < -0.4 is 11.1 Å². The number of anilines is 1. The molecule has 6 heteroatoms. The average molecular weight is 299 g/mol. The van der Waals surface area contributed by atoms with Crippen molar-refractivity contribution in [3.05, 3.63) is 30.6 Å². The largest absolute Gasteiger partial charge is 0.328 e. The van der Waals surface area contributed by atoms with Crippen LogP contribution in [0, 0.1) is 5.92 Å². The first-order valence-corrected chi connectivity index (χ1v) is 7.72. The molecule has 0 radical (unpaired) electrons. The number of nitrogens with zero attached hydrogens (tertiary/aromatic N) is 3. The van der Waals surface area contributed by atoms with Gasteiger partial charge in [-0.05, 0) is 38.3 Å². The quantitative estimate of drug-likeness (QED) is 0.904. The first kappa shape index (κ1) is 14.7. The van der Waals surface area contributed by atoms with E-state index in [9.17, 15) is 4.79 Å². The van der Waals surface area contributed by atoms with Crippen LogP contribution in [0.25, 0.3) is 11.4 Å². The first-order valence-electron chi connectivity index (χ1n) is 7.72. The average Bonchev–Trinajstić information content (AvgIpc) is 3.16. The van der Waals surface area contributed by atoms with E-state index in [0.29, 0.717) is 0 Å². The molecule has 1 heterocycles. The van der Waals surface area contributed by atoms with Crippen LogP contribution in [0.5, 0.6) is 0 Å². The predicted octanol–water partition coefficient (Wildman–Crippen LogP) is 2.03. The maximum Gasteiger partial charge on any atom is 0.227 e. The molecule has 6 nitrogen and oxygen atoms in total. The summed E-state index contributed by atoms with van der Waals surface area (Å²) in [4.78, 5) is 12.4. The highest BCUT2D eigenvalue weighted by Crippen LogP contribution is 2.29. The van der Waals surface area contributed by atoms with E-state index in [-0.39, 0.29) is 17.9 Å². The van der Waals surface area contributed by atoms with Crippen molar-refractivity contribution in [2.75, 3.05) is 5.32 Å². The number of nitrogens with one attached hydrogen (secondary N) is 1. The second-order valence-electron chi connectivity index (χ2n) is 5.75. The molecule has 0 saturated heterocycles. The van der Waals surface area contributed by atoms with Gasteiger partial charge in [0.25, 0.3) is 0 Å². The summed E-state index contributed by atoms with van der Waals surface area (Å²) in [5, 5.41) is 11.2. The summed E-state index contributed by atoms with van der Waals surface area (Å²) in [6, 6.07) is 7.84. The van der Waals surface area contributed by atoms with Gasteiger partial charge in [-0.3, -0.25) is 4.79 Å². The highest BCUT2D eigenvalue weighted by atomic mass is 16.1. The third-order valence-corrected chi connectivity index (χ3v) is 4.23. The predicted molar refractivity (Wildman–Crippen MR) is 85.1 cm³/mol. The molecule has 1 saturated carbocycles. The van der Waals surface area contributed by atoms with Crippen molar-refractivity contribution in [1.82, 2.24) is 14.8 Å². The Bertz CT molecular complexity index is 666. The Morgan fingerprint density at radius 2 is 2.23 bits per heavy atom. The van der Waals surface area contributed by atoms with Crippen LogP contribution in [-0.2, 0) is 11.3 Å². The van der Waals surface area contributed by atoms with Crippen molar-refractivity contribution in [3.8, 4) is 11.4 Å². The molecule has 0 bridgehead atoms. The number of aryl methyl sites for hydroxylation is 1. The first-order chi connectivity index (χ1) is 10.7. The lowest BCUT2D eigenvalue weighted by Crippen LogP contribution is -2.23. The minimum absolute atomic E-state index is 0.00658. The Labute approximate surface area is 129 Å². The summed E-state index contributed by atoms with van der Waals surface area (Å²) >= 11 is 0. The van der Waals surface area contributed by atoms with Gasteiger partial charge in [-0.1, -0.05) is 12.1 Å². The summed E-state index contributed by atoms with van der Waals surface area (Å²) in [5.41, 5.74) is 7.56. The van der Waals surface area contributed by atoms with Gasteiger partial charge in [-0.25, -0.2) is 0 Å². The van der Waals surface area contributed by atoms with Crippen molar-refractivity contribution < 1.29 is 4.79 Å². The molecular formula is C16H21N5O. The number of hydrogen-bond acceptors (Lipinski definition) is 4. The minimum atomic E-state index is 0.00658. The molecule has 116 valence electrons. The monoisotopic (exact) mass is 299 g/mol. The van der Waals surface area contributed by atoms with E-state index in [1.807, 2.05) is 35.8 Å². The molecule has 1 aliphatic rings. The Kier molecular flexibility index (Phi) is 4.20. The van der Waals surface area contributed by atoms with Crippen LogP contribution in [0.4, 0.5) is 5.69 Å². The molecule has 3 rings (SSSR count). The van der Waals surface area contributed by atoms with Gasteiger partial charge in [-0.15, -0.1) is 10.2 Å². The third-order valence-electron chi connectivity index (χ3n) is 4.23. The highest BCUT2D eigenvalue weighted by molar-refractivity contribution is 5.96. The summed E-state index contributed by atoms with van der Waals surface area (Å²) in [6.45, 7) is 2.82. The fourth-order valence-electron chi connectivity index (χ4n) is 2.97. The number of amides is 1. The van der Waals surface area contributed by atoms with Crippen LogP contribution in [0.2, 0.25) is 0 Å². The lowest BCUT2D eigenvalue weighted by Gasteiger charge is -2.14. The van der Waals surface area contributed by atoms with Crippen molar-refractivity contribution in [2.45, 2.75) is 38.8 Å². The van der Waals surface area contributed by atoms with Crippen LogP contribution in [0.3, 0.4) is 0 Å². The van der Waals surface area contributed by atoms with Gasteiger partial charge in [0.1, 0.15) is 6.33 Å². The Morgan fingerprint density at radius 3 is 2.95 bits per heavy atom. The van der Waals surface area contributed by atoms with Gasteiger partial charge in [0, 0.05) is 24.1 Å². The zero-order valence-corrected chi connectivity index (χ0v) is 12.7. The Hall–Kier alpha value is -2.21. The van der Waals surface area contributed by atoms with Crippen LogP contribution in [0.1, 0.15) is 26.2 Å². The molecule has 0 spiro atoms. The zero-order chi connectivity index (χ0) is 15.5. The fourth-order valence-corrected chi connectivity index (χ4v) is 2.97. The molecular weight excluding hydrogens is 278 g/mol. The van der Waals surface area contributed by atoms with Gasteiger partial charge in [0.2, 0.25) is 5.91 Å². The number of rotatable bonds is 4. The van der Waals surface area contributed by atoms with Crippen molar-refractivity contribution in [1.29, 1.82) is 0 Å². The van der Waals surface area contributed by atoms with E-state index in [2.05, 4.69) is 15.5 Å². The second-order valence-corrected chi connectivity index (χ2v) is 5.75. The summed E-state index contributed by atoms with van der Waals surface area (Å²) in [6.07, 6.45) is 4.24. The van der Waals surface area contributed by atoms with Crippen molar-refractivity contribution >= 4 is 11.6 Å². The Morgan fingerprint density at radius 1 is 1.41 bits per heavy atom. The van der Waals surface area contributed by atoms with Crippen molar-refractivity contribution in [2.24, 2.45) is 11.7 Å². The minimum Gasteiger partial charge on any atom is -0.328 e. The molecule has 3 N–H and O–H groups in total. The van der Waals surface area contributed by atoms with Crippen LogP contribution >= 0.6 is 0 Å². The highest BCUT2D eigenvalue weighted by Gasteiger charge is 2.28. The number of aromatic nitrogens is 3. The molecule has 1 aromatic carbocycles. The molecule has 0 aliphatic heterocycles. The number of nitrogens with two attached hydrogens (primary N) is 1. The molecule has 2 aromatic rings. The number of carbonyl (C=O) groups excluding carboxylic acids is 1. The molecule has 1 fully saturated rings. The van der Waals surface area contributed by atoms with Crippen LogP contribution in [-0.4, -0.2) is 26.7 Å². The summed E-state index contributed by atoms with van der Waals surface area (Å²) in [7, 11) is 0. The number of benzene rings is 1. The van der Waals surface area contributed by atoms with E-state index in [1.54, 1.807) is 6.33 Å². The normalized spacial score (nSPS) is 21.0. The van der Waals surface area contributed by atoms with E-state index in [4.69, 9.17) is 5.73 Å². The van der Waals surface area contributed by atoms with E-state index in [0.717, 1.165) is 42.9 Å². The lowest BCUT2D eigenvalue weighted by atomic mass is 10.1. The zero-order valence-electron chi connectivity index (χ0n) is 12.7. The van der Waals surface area contributed by atoms with Gasteiger partial charge < -0.3 is 15.6 Å². The standard InChI is InChI=1S/C16H21N5O/c1-2-21-10-18-20-15(21)13-5-3-4-6-14(13)19-16(22)11-7-8-12(17)9-11/h3-6,10-12H,2,7-9,17H2,1H3,(H,19,22). The fraction of sp³-hybridized carbons (Fsp3) is 0.438. The molecule has 1 amide bonds. The maximum absolute atomic E-state index is 12.4. The Balaban J connectivity index is 1.84. The summed E-state index contributed by atoms with van der Waals surface area (Å²) in [5.74, 6) is 0.816. The topological polar surface area (TPSA) is 85.8 Å². The van der Waals surface area contributed by atoms with E-state index < -0.39 is 0 Å². The third kappa shape index (κ3) is 2.87. The molecule has 1 aromatic heterocycles. The number of hydrogen-bond donors (Lipinski definition) is 2. The summed E-state index contributed by atoms with van der Waals surface area (Å²) < 4.78 is 1.95. The smallest absolute Gasteiger partial charge is 0.227 e. The van der Waals surface area contributed by atoms with Gasteiger partial charge >= 0.3 is 0 Å². The maximum atomic E-state index is 12.4. The number of para-hydroxylation sites is 1.